The van der Waals surface area contributed by atoms with Crippen molar-refractivity contribution in [3.05, 3.63) is 71.0 Å². The number of carbonyl (C=O) groups is 3. The van der Waals surface area contributed by atoms with Crippen molar-refractivity contribution < 1.29 is 14.4 Å². The minimum absolute atomic E-state index is 0.0196. The van der Waals surface area contributed by atoms with Crippen LogP contribution < -0.4 is 0 Å². The van der Waals surface area contributed by atoms with Gasteiger partial charge < -0.3 is 0 Å². The molecule has 1 aromatic carbocycles. The largest absolute Gasteiger partial charge is 0.297 e. The highest BCUT2D eigenvalue weighted by Crippen LogP contribution is 2.24. The molecule has 1 aliphatic rings. The van der Waals surface area contributed by atoms with Crippen LogP contribution in [-0.4, -0.2) is 27.6 Å². The van der Waals surface area contributed by atoms with Gasteiger partial charge in [0, 0.05) is 28.9 Å². The van der Waals surface area contributed by atoms with E-state index in [0.717, 1.165) is 0 Å². The Labute approximate surface area is 135 Å². The van der Waals surface area contributed by atoms with Crippen molar-refractivity contribution in [3.8, 4) is 0 Å². The standard InChI is InChI=1S/C17H8N4O3/c22-14(10-7-9-3-2-6-18-15(9)19-8-10)11-4-1-5-12-13(11)17(24)21-20-16(12)23/h1-8H. The molecule has 0 radical (unpaired) electrons. The first kappa shape index (κ1) is 14.0. The number of rotatable bonds is 2. The highest BCUT2D eigenvalue weighted by atomic mass is 16.2. The summed E-state index contributed by atoms with van der Waals surface area (Å²) in [5.74, 6) is -1.76. The molecule has 24 heavy (non-hydrogen) atoms. The van der Waals surface area contributed by atoms with E-state index >= 15 is 0 Å². The monoisotopic (exact) mass is 316 g/mol. The summed E-state index contributed by atoms with van der Waals surface area (Å²) < 4.78 is 0. The number of fused-ring (bicyclic) bond motifs is 2. The molecule has 3 heterocycles. The predicted octanol–water partition coefficient (Wildman–Crippen LogP) is 2.61. The van der Waals surface area contributed by atoms with Crippen LogP contribution in [0.4, 0.5) is 0 Å². The average molecular weight is 316 g/mol. The van der Waals surface area contributed by atoms with E-state index in [0.29, 0.717) is 16.6 Å². The second-order valence-corrected chi connectivity index (χ2v) is 5.14. The number of hydrogen-bond acceptors (Lipinski definition) is 5. The van der Waals surface area contributed by atoms with Crippen molar-refractivity contribution >= 4 is 28.6 Å². The van der Waals surface area contributed by atoms with Gasteiger partial charge in [0.25, 0.3) is 11.8 Å². The molecule has 114 valence electrons. The van der Waals surface area contributed by atoms with E-state index in [2.05, 4.69) is 20.2 Å². The van der Waals surface area contributed by atoms with Gasteiger partial charge >= 0.3 is 0 Å². The van der Waals surface area contributed by atoms with Gasteiger partial charge in [-0.05, 0) is 24.3 Å². The molecule has 0 N–H and O–H groups in total. The number of azo groups is 1. The van der Waals surface area contributed by atoms with Gasteiger partial charge in [-0.1, -0.05) is 12.1 Å². The van der Waals surface area contributed by atoms with Gasteiger partial charge in [-0.3, -0.25) is 14.4 Å². The summed E-state index contributed by atoms with van der Waals surface area (Å²) in [4.78, 5) is 44.8. The van der Waals surface area contributed by atoms with Crippen molar-refractivity contribution in [1.82, 2.24) is 9.97 Å². The lowest BCUT2D eigenvalue weighted by Crippen LogP contribution is -2.17. The number of carbonyl (C=O) groups excluding carboxylic acids is 3. The molecule has 0 bridgehead atoms. The third-order valence-corrected chi connectivity index (χ3v) is 3.70. The zero-order valence-corrected chi connectivity index (χ0v) is 12.1. The number of pyridine rings is 2. The van der Waals surface area contributed by atoms with Gasteiger partial charge in [-0.15, -0.1) is 10.2 Å². The lowest BCUT2D eigenvalue weighted by Gasteiger charge is -2.11. The fraction of sp³-hybridized carbons (Fsp3) is 0. The van der Waals surface area contributed by atoms with Crippen LogP contribution in [0, 0.1) is 0 Å². The Morgan fingerprint density at radius 1 is 0.917 bits per heavy atom. The summed E-state index contributed by atoms with van der Waals surface area (Å²) in [5, 5.41) is 7.27. The summed E-state index contributed by atoms with van der Waals surface area (Å²) >= 11 is 0. The minimum atomic E-state index is -0.705. The third-order valence-electron chi connectivity index (χ3n) is 3.70. The average Bonchev–Trinajstić information content (AvgIpc) is 2.63. The van der Waals surface area contributed by atoms with Crippen molar-refractivity contribution in [1.29, 1.82) is 0 Å². The Bertz CT molecular complexity index is 1070. The molecule has 0 unspecified atom stereocenters. The van der Waals surface area contributed by atoms with E-state index in [1.54, 1.807) is 24.4 Å². The fourth-order valence-corrected chi connectivity index (χ4v) is 2.59. The third kappa shape index (κ3) is 2.11. The van der Waals surface area contributed by atoms with Crippen LogP contribution in [0.15, 0.2) is 59.0 Å². The second kappa shape index (κ2) is 5.24. The van der Waals surface area contributed by atoms with Crippen LogP contribution in [0.2, 0.25) is 0 Å². The van der Waals surface area contributed by atoms with Gasteiger partial charge in [0.2, 0.25) is 0 Å². The molecule has 0 saturated heterocycles. The molecule has 1 aliphatic heterocycles. The summed E-state index contributed by atoms with van der Waals surface area (Å²) in [6.07, 6.45) is 3.01. The number of aromatic nitrogens is 2. The van der Waals surface area contributed by atoms with Crippen molar-refractivity contribution in [2.24, 2.45) is 10.2 Å². The van der Waals surface area contributed by atoms with Crippen LogP contribution in [0.1, 0.15) is 36.6 Å². The zero-order valence-electron chi connectivity index (χ0n) is 12.1. The predicted molar refractivity (Wildman–Crippen MR) is 82.9 cm³/mol. The Balaban J connectivity index is 1.87. The molecule has 0 atom stereocenters. The molecule has 7 heteroatoms. The number of nitrogens with zero attached hydrogens (tertiary/aromatic N) is 4. The van der Waals surface area contributed by atoms with Crippen molar-refractivity contribution in [3.63, 3.8) is 0 Å². The number of amides is 2. The fourth-order valence-electron chi connectivity index (χ4n) is 2.59. The Hall–Kier alpha value is -3.61. The molecule has 3 aromatic rings. The van der Waals surface area contributed by atoms with Gasteiger partial charge in [-0.2, -0.15) is 0 Å². The normalized spacial score (nSPS) is 13.2. The Kier molecular flexibility index (Phi) is 3.06. The van der Waals surface area contributed by atoms with Crippen LogP contribution in [0.5, 0.6) is 0 Å². The van der Waals surface area contributed by atoms with E-state index in [1.807, 2.05) is 0 Å². The molecule has 0 saturated carbocycles. The van der Waals surface area contributed by atoms with Gasteiger partial charge in [0.1, 0.15) is 0 Å². The first-order valence-electron chi connectivity index (χ1n) is 7.04. The van der Waals surface area contributed by atoms with Crippen molar-refractivity contribution in [2.75, 3.05) is 0 Å². The van der Waals surface area contributed by atoms with E-state index in [1.165, 1.54) is 24.4 Å². The maximum Gasteiger partial charge on any atom is 0.297 e. The summed E-state index contributed by atoms with van der Waals surface area (Å²) in [5.41, 5.74) is 0.982. The quantitative estimate of drug-likeness (QED) is 0.676. The smallest absolute Gasteiger partial charge is 0.289 e. The summed E-state index contributed by atoms with van der Waals surface area (Å²) in [6, 6.07) is 9.65. The summed E-state index contributed by atoms with van der Waals surface area (Å²) in [6.45, 7) is 0. The SMILES string of the molecule is O=C1N=NC(=O)c2c1cccc2C(=O)c1cnc2ncccc2c1. The molecule has 0 aliphatic carbocycles. The van der Waals surface area contributed by atoms with Gasteiger partial charge in [-0.25, -0.2) is 9.97 Å². The highest BCUT2D eigenvalue weighted by molar-refractivity contribution is 6.20. The topological polar surface area (TPSA) is 102 Å². The molecule has 7 nitrogen and oxygen atoms in total. The molecule has 0 fully saturated rings. The van der Waals surface area contributed by atoms with Crippen LogP contribution in [-0.2, 0) is 0 Å². The van der Waals surface area contributed by atoms with Crippen LogP contribution >= 0.6 is 0 Å². The van der Waals surface area contributed by atoms with Crippen LogP contribution in [0.25, 0.3) is 11.0 Å². The number of benzene rings is 1. The van der Waals surface area contributed by atoms with E-state index < -0.39 is 17.6 Å². The molecular formula is C17H8N4O3. The first-order valence-corrected chi connectivity index (χ1v) is 7.04. The minimum Gasteiger partial charge on any atom is -0.289 e. The van der Waals surface area contributed by atoms with Gasteiger partial charge in [0.15, 0.2) is 11.4 Å². The van der Waals surface area contributed by atoms with Crippen LogP contribution in [0.3, 0.4) is 0 Å². The van der Waals surface area contributed by atoms with Crippen molar-refractivity contribution in [2.45, 2.75) is 0 Å². The molecular weight excluding hydrogens is 308 g/mol. The molecule has 2 aromatic heterocycles. The lowest BCUT2D eigenvalue weighted by molar-refractivity contribution is 0.0916. The molecule has 4 rings (SSSR count). The first-order chi connectivity index (χ1) is 11.6. The maximum absolute atomic E-state index is 12.8. The van der Waals surface area contributed by atoms with Gasteiger partial charge in [0.05, 0.1) is 11.1 Å². The molecule has 0 spiro atoms. The summed E-state index contributed by atoms with van der Waals surface area (Å²) in [7, 11) is 0. The number of ketones is 1. The highest BCUT2D eigenvalue weighted by Gasteiger charge is 2.28. The Morgan fingerprint density at radius 2 is 1.75 bits per heavy atom. The maximum atomic E-state index is 12.8. The Morgan fingerprint density at radius 3 is 2.62 bits per heavy atom. The molecule has 2 amide bonds. The zero-order chi connectivity index (χ0) is 16.7. The van der Waals surface area contributed by atoms with E-state index in [-0.39, 0.29) is 16.7 Å². The second-order valence-electron chi connectivity index (χ2n) is 5.14. The number of hydrogen-bond donors (Lipinski definition) is 0. The van der Waals surface area contributed by atoms with E-state index in [9.17, 15) is 14.4 Å². The lowest BCUT2D eigenvalue weighted by atomic mass is 9.93. The van der Waals surface area contributed by atoms with E-state index in [4.69, 9.17) is 0 Å².